The van der Waals surface area contributed by atoms with Crippen LogP contribution in [0.5, 0.6) is 0 Å². The summed E-state index contributed by atoms with van der Waals surface area (Å²) in [5, 5.41) is 0. The average Bonchev–Trinajstić information content (AvgIpc) is 1.64. The second-order valence-corrected chi connectivity index (χ2v) is 3.41. The van der Waals surface area contributed by atoms with Crippen LogP contribution in [-0.4, -0.2) is 21.5 Å². The standard InChI is InChI=1S/C4H6O3Si/c5-3-1-8-2-4(6)7-3/h1-2,8H2. The molecule has 1 saturated heterocycles. The molecule has 0 aromatic carbocycles. The summed E-state index contributed by atoms with van der Waals surface area (Å²) in [6, 6.07) is 1.07. The minimum Gasteiger partial charge on any atom is -0.394 e. The lowest BCUT2D eigenvalue weighted by atomic mass is 10.7. The van der Waals surface area contributed by atoms with Gasteiger partial charge in [-0.2, -0.15) is 0 Å². The molecule has 44 valence electrons. The van der Waals surface area contributed by atoms with E-state index in [2.05, 4.69) is 4.74 Å². The molecule has 1 aliphatic rings. The predicted octanol–water partition coefficient (Wildman–Crippen LogP) is -0.925. The molecule has 0 aromatic rings. The zero-order valence-electron chi connectivity index (χ0n) is 4.35. The van der Waals surface area contributed by atoms with Gasteiger partial charge in [-0.3, -0.25) is 9.59 Å². The van der Waals surface area contributed by atoms with Crippen LogP contribution < -0.4 is 0 Å². The molecule has 0 spiro atoms. The summed E-state index contributed by atoms with van der Waals surface area (Å²) in [4.78, 5) is 20.5. The van der Waals surface area contributed by atoms with Crippen molar-refractivity contribution in [3.05, 3.63) is 0 Å². The van der Waals surface area contributed by atoms with Crippen LogP contribution in [0.2, 0.25) is 12.1 Å². The van der Waals surface area contributed by atoms with E-state index in [9.17, 15) is 9.59 Å². The first-order valence-electron chi connectivity index (χ1n) is 2.52. The summed E-state index contributed by atoms with van der Waals surface area (Å²) in [7, 11) is -0.410. The number of carbonyl (C=O) groups is 2. The fraction of sp³-hybridized carbons (Fsp3) is 0.500. The average molecular weight is 130 g/mol. The van der Waals surface area contributed by atoms with Gasteiger partial charge in [-0.05, 0) is 0 Å². The lowest BCUT2D eigenvalue weighted by molar-refractivity contribution is -0.157. The molecule has 0 unspecified atom stereocenters. The van der Waals surface area contributed by atoms with Crippen molar-refractivity contribution >= 4 is 21.5 Å². The van der Waals surface area contributed by atoms with Crippen molar-refractivity contribution in [3.8, 4) is 0 Å². The number of hydrogen-bond acceptors (Lipinski definition) is 3. The number of hydrogen-bond donors (Lipinski definition) is 0. The molecule has 0 N–H and O–H groups in total. The minimum absolute atomic E-state index is 0.326. The number of rotatable bonds is 0. The number of cyclic esters (lactones) is 2. The van der Waals surface area contributed by atoms with Crippen LogP contribution in [0.15, 0.2) is 0 Å². The van der Waals surface area contributed by atoms with E-state index in [-0.39, 0.29) is 11.9 Å². The van der Waals surface area contributed by atoms with Crippen LogP contribution in [0.25, 0.3) is 0 Å². The van der Waals surface area contributed by atoms with Crippen molar-refractivity contribution in [3.63, 3.8) is 0 Å². The summed E-state index contributed by atoms with van der Waals surface area (Å²) >= 11 is 0. The van der Waals surface area contributed by atoms with Gasteiger partial charge in [0.1, 0.15) is 0 Å². The molecule has 0 bridgehead atoms. The lowest BCUT2D eigenvalue weighted by Gasteiger charge is -2.05. The van der Waals surface area contributed by atoms with E-state index in [1.807, 2.05) is 0 Å². The summed E-state index contributed by atoms with van der Waals surface area (Å²) in [5.41, 5.74) is 0. The molecule has 0 aliphatic carbocycles. The Morgan fingerprint density at radius 3 is 2.00 bits per heavy atom. The van der Waals surface area contributed by atoms with Crippen LogP contribution in [0.3, 0.4) is 0 Å². The molecule has 8 heavy (non-hydrogen) atoms. The Kier molecular flexibility index (Phi) is 1.43. The van der Waals surface area contributed by atoms with Crippen molar-refractivity contribution in [2.75, 3.05) is 0 Å². The zero-order valence-corrected chi connectivity index (χ0v) is 5.76. The van der Waals surface area contributed by atoms with Gasteiger partial charge in [-0.1, -0.05) is 0 Å². The molecule has 1 aliphatic heterocycles. The fourth-order valence-electron chi connectivity index (χ4n) is 0.606. The van der Waals surface area contributed by atoms with Gasteiger partial charge < -0.3 is 4.74 Å². The van der Waals surface area contributed by atoms with Crippen LogP contribution in [0.1, 0.15) is 0 Å². The second kappa shape index (κ2) is 2.08. The molecule has 0 radical (unpaired) electrons. The molecule has 1 fully saturated rings. The smallest absolute Gasteiger partial charge is 0.310 e. The number of ether oxygens (including phenoxy) is 1. The van der Waals surface area contributed by atoms with Gasteiger partial charge in [0.2, 0.25) is 0 Å². The molecule has 0 aromatic heterocycles. The molecule has 1 heterocycles. The third kappa shape index (κ3) is 1.16. The highest BCUT2D eigenvalue weighted by Crippen LogP contribution is 2.00. The Hall–Kier alpha value is -0.643. The lowest BCUT2D eigenvalue weighted by Crippen LogP contribution is -2.21. The third-order valence-electron chi connectivity index (χ3n) is 0.989. The molecule has 3 nitrogen and oxygen atoms in total. The zero-order chi connectivity index (χ0) is 5.98. The highest BCUT2D eigenvalue weighted by Gasteiger charge is 2.16. The Bertz CT molecular complexity index is 117. The van der Waals surface area contributed by atoms with E-state index in [0.29, 0.717) is 12.1 Å². The van der Waals surface area contributed by atoms with Crippen molar-refractivity contribution in [1.82, 2.24) is 0 Å². The first-order valence-corrected chi connectivity index (χ1v) is 4.52. The van der Waals surface area contributed by atoms with Gasteiger partial charge in [0.05, 0.1) is 0 Å². The van der Waals surface area contributed by atoms with Crippen LogP contribution >= 0.6 is 0 Å². The maximum Gasteiger partial charge on any atom is 0.310 e. The van der Waals surface area contributed by atoms with Crippen molar-refractivity contribution in [1.29, 1.82) is 0 Å². The Balaban J connectivity index is 2.45. The van der Waals surface area contributed by atoms with Gasteiger partial charge in [-0.25, -0.2) is 0 Å². The minimum atomic E-state index is -0.410. The Morgan fingerprint density at radius 1 is 1.25 bits per heavy atom. The van der Waals surface area contributed by atoms with Gasteiger partial charge in [0.15, 0.2) is 0 Å². The Morgan fingerprint density at radius 2 is 1.75 bits per heavy atom. The molecule has 4 heteroatoms. The first kappa shape index (κ1) is 5.49. The summed E-state index contributed by atoms with van der Waals surface area (Å²) < 4.78 is 4.24. The highest BCUT2D eigenvalue weighted by molar-refractivity contribution is 6.47. The van der Waals surface area contributed by atoms with Gasteiger partial charge in [0, 0.05) is 21.6 Å². The summed E-state index contributed by atoms with van der Waals surface area (Å²) in [6.45, 7) is 0. The van der Waals surface area contributed by atoms with E-state index in [0.717, 1.165) is 0 Å². The fourth-order valence-corrected chi connectivity index (χ4v) is 1.56. The van der Waals surface area contributed by atoms with E-state index in [1.165, 1.54) is 0 Å². The molecular weight excluding hydrogens is 124 g/mol. The van der Waals surface area contributed by atoms with E-state index in [1.54, 1.807) is 0 Å². The highest BCUT2D eigenvalue weighted by atomic mass is 28.2. The molecular formula is C4H6O3Si. The third-order valence-corrected chi connectivity index (χ3v) is 2.51. The Labute approximate surface area is 48.8 Å². The molecule has 1 rings (SSSR count). The summed E-state index contributed by atoms with van der Waals surface area (Å²) in [6.07, 6.45) is 0. The van der Waals surface area contributed by atoms with E-state index >= 15 is 0 Å². The van der Waals surface area contributed by atoms with Crippen LogP contribution in [-0.2, 0) is 14.3 Å². The van der Waals surface area contributed by atoms with Crippen molar-refractivity contribution in [2.24, 2.45) is 0 Å². The predicted molar refractivity (Wildman–Crippen MR) is 29.3 cm³/mol. The van der Waals surface area contributed by atoms with Crippen molar-refractivity contribution in [2.45, 2.75) is 12.1 Å². The largest absolute Gasteiger partial charge is 0.394 e. The number of carbonyl (C=O) groups excluding carboxylic acids is 2. The van der Waals surface area contributed by atoms with Crippen LogP contribution in [0.4, 0.5) is 0 Å². The van der Waals surface area contributed by atoms with Gasteiger partial charge >= 0.3 is 11.9 Å². The normalized spacial score (nSPS) is 20.5. The monoisotopic (exact) mass is 130 g/mol. The summed E-state index contributed by atoms with van der Waals surface area (Å²) in [5.74, 6) is -0.652. The quantitative estimate of drug-likeness (QED) is 0.242. The topological polar surface area (TPSA) is 43.4 Å². The van der Waals surface area contributed by atoms with E-state index < -0.39 is 9.52 Å². The van der Waals surface area contributed by atoms with Gasteiger partial charge in [0.25, 0.3) is 0 Å². The molecule has 0 saturated carbocycles. The SMILES string of the molecule is O=C1C[SiH2]CC(=O)O1. The van der Waals surface area contributed by atoms with E-state index in [4.69, 9.17) is 0 Å². The first-order chi connectivity index (χ1) is 3.79. The number of esters is 2. The second-order valence-electron chi connectivity index (χ2n) is 1.70. The van der Waals surface area contributed by atoms with Crippen molar-refractivity contribution < 1.29 is 14.3 Å². The molecule has 0 atom stereocenters. The van der Waals surface area contributed by atoms with Crippen LogP contribution in [0, 0.1) is 0 Å². The maximum atomic E-state index is 10.3. The molecule has 0 amide bonds. The maximum absolute atomic E-state index is 10.3. The van der Waals surface area contributed by atoms with Gasteiger partial charge in [-0.15, -0.1) is 0 Å².